The maximum absolute atomic E-state index is 5.87. The van der Waals surface area contributed by atoms with Gasteiger partial charge in [-0.3, -0.25) is 0 Å². The standard InChI is InChI=1S/C12H17NO2/c1-9-7-15-11-6-4-3-5-10(11)12(9,8-13)14-2/h3-6,9H,7-8,13H2,1-2H3. The van der Waals surface area contributed by atoms with Crippen LogP contribution in [0.4, 0.5) is 0 Å². The minimum atomic E-state index is -0.394. The molecule has 1 aliphatic rings. The fraction of sp³-hybridized carbons (Fsp3) is 0.500. The number of benzene rings is 1. The normalized spacial score (nSPS) is 29.4. The van der Waals surface area contributed by atoms with Gasteiger partial charge >= 0.3 is 0 Å². The fourth-order valence-corrected chi connectivity index (χ4v) is 2.26. The van der Waals surface area contributed by atoms with Crippen molar-refractivity contribution in [3.8, 4) is 5.75 Å². The molecule has 1 aromatic rings. The molecule has 2 rings (SSSR count). The van der Waals surface area contributed by atoms with Gasteiger partial charge in [0.1, 0.15) is 11.4 Å². The summed E-state index contributed by atoms with van der Waals surface area (Å²) in [5.41, 5.74) is 6.54. The summed E-state index contributed by atoms with van der Waals surface area (Å²) >= 11 is 0. The highest BCUT2D eigenvalue weighted by Crippen LogP contribution is 2.41. The maximum atomic E-state index is 5.87. The first-order valence-corrected chi connectivity index (χ1v) is 5.22. The Bertz CT molecular complexity index is 347. The minimum Gasteiger partial charge on any atom is -0.493 e. The molecule has 15 heavy (non-hydrogen) atoms. The van der Waals surface area contributed by atoms with Crippen molar-refractivity contribution in [2.24, 2.45) is 11.7 Å². The summed E-state index contributed by atoms with van der Waals surface area (Å²) in [5.74, 6) is 1.16. The van der Waals surface area contributed by atoms with E-state index in [0.717, 1.165) is 11.3 Å². The molecule has 1 aromatic carbocycles. The monoisotopic (exact) mass is 207 g/mol. The number of hydrogen-bond donors (Lipinski definition) is 1. The molecule has 3 heteroatoms. The number of ether oxygens (including phenoxy) is 2. The molecule has 0 spiro atoms. The molecular weight excluding hydrogens is 190 g/mol. The summed E-state index contributed by atoms with van der Waals surface area (Å²) in [7, 11) is 1.71. The van der Waals surface area contributed by atoms with Crippen LogP contribution in [0.25, 0.3) is 0 Å². The van der Waals surface area contributed by atoms with Crippen LogP contribution in [-0.4, -0.2) is 20.3 Å². The van der Waals surface area contributed by atoms with Crippen LogP contribution in [0, 0.1) is 5.92 Å². The smallest absolute Gasteiger partial charge is 0.125 e. The third kappa shape index (κ3) is 1.43. The van der Waals surface area contributed by atoms with Crippen molar-refractivity contribution in [2.75, 3.05) is 20.3 Å². The summed E-state index contributed by atoms with van der Waals surface area (Å²) < 4.78 is 11.3. The second-order valence-electron chi connectivity index (χ2n) is 4.01. The van der Waals surface area contributed by atoms with Gasteiger partial charge in [-0.2, -0.15) is 0 Å². The average Bonchev–Trinajstić information content (AvgIpc) is 2.30. The lowest BCUT2D eigenvalue weighted by molar-refractivity contribution is -0.0780. The van der Waals surface area contributed by atoms with Gasteiger partial charge < -0.3 is 15.2 Å². The topological polar surface area (TPSA) is 44.5 Å². The Morgan fingerprint density at radius 1 is 1.53 bits per heavy atom. The Hall–Kier alpha value is -1.06. The number of nitrogens with two attached hydrogens (primary N) is 1. The lowest BCUT2D eigenvalue weighted by atomic mass is 9.80. The predicted octanol–water partition coefficient (Wildman–Crippen LogP) is 1.52. The van der Waals surface area contributed by atoms with Gasteiger partial charge in [-0.15, -0.1) is 0 Å². The van der Waals surface area contributed by atoms with E-state index in [2.05, 4.69) is 6.92 Å². The largest absolute Gasteiger partial charge is 0.493 e. The van der Waals surface area contributed by atoms with Crippen LogP contribution in [-0.2, 0) is 10.3 Å². The quantitative estimate of drug-likeness (QED) is 0.799. The van der Waals surface area contributed by atoms with E-state index in [0.29, 0.717) is 13.2 Å². The zero-order chi connectivity index (χ0) is 10.9. The predicted molar refractivity (Wildman–Crippen MR) is 58.8 cm³/mol. The fourth-order valence-electron chi connectivity index (χ4n) is 2.26. The molecule has 0 radical (unpaired) electrons. The molecule has 0 amide bonds. The molecule has 0 saturated carbocycles. The van der Waals surface area contributed by atoms with Crippen molar-refractivity contribution in [1.82, 2.24) is 0 Å². The molecule has 1 heterocycles. The van der Waals surface area contributed by atoms with Crippen LogP contribution < -0.4 is 10.5 Å². The van der Waals surface area contributed by atoms with E-state index < -0.39 is 5.60 Å². The summed E-state index contributed by atoms with van der Waals surface area (Å²) in [6.45, 7) is 3.24. The molecule has 0 bridgehead atoms. The van der Waals surface area contributed by atoms with Crippen LogP contribution >= 0.6 is 0 Å². The molecule has 0 fully saturated rings. The Morgan fingerprint density at radius 3 is 2.93 bits per heavy atom. The zero-order valence-corrected chi connectivity index (χ0v) is 9.19. The maximum Gasteiger partial charge on any atom is 0.125 e. The number of hydrogen-bond acceptors (Lipinski definition) is 3. The molecule has 0 saturated heterocycles. The van der Waals surface area contributed by atoms with E-state index in [9.17, 15) is 0 Å². The number of para-hydroxylation sites is 1. The highest BCUT2D eigenvalue weighted by Gasteiger charge is 2.42. The van der Waals surface area contributed by atoms with E-state index >= 15 is 0 Å². The van der Waals surface area contributed by atoms with Gasteiger partial charge in [0.05, 0.1) is 6.61 Å². The van der Waals surface area contributed by atoms with Crippen LogP contribution in [0.2, 0.25) is 0 Å². The van der Waals surface area contributed by atoms with Crippen LogP contribution in [0.5, 0.6) is 5.75 Å². The van der Waals surface area contributed by atoms with Gasteiger partial charge in [0.25, 0.3) is 0 Å². The van der Waals surface area contributed by atoms with Gasteiger partial charge in [0, 0.05) is 25.1 Å². The van der Waals surface area contributed by atoms with E-state index in [4.69, 9.17) is 15.2 Å². The van der Waals surface area contributed by atoms with Gasteiger partial charge in [-0.1, -0.05) is 25.1 Å². The van der Waals surface area contributed by atoms with E-state index in [1.807, 2.05) is 24.3 Å². The van der Waals surface area contributed by atoms with Crippen molar-refractivity contribution in [3.05, 3.63) is 29.8 Å². The highest BCUT2D eigenvalue weighted by atomic mass is 16.5. The molecule has 0 aliphatic carbocycles. The van der Waals surface area contributed by atoms with Gasteiger partial charge in [-0.05, 0) is 6.07 Å². The molecule has 0 aromatic heterocycles. The molecule has 2 N–H and O–H groups in total. The van der Waals surface area contributed by atoms with Crippen molar-refractivity contribution in [1.29, 1.82) is 0 Å². The van der Waals surface area contributed by atoms with Crippen molar-refractivity contribution in [3.63, 3.8) is 0 Å². The molecule has 82 valence electrons. The average molecular weight is 207 g/mol. The summed E-state index contributed by atoms with van der Waals surface area (Å²) in [6, 6.07) is 7.95. The molecule has 2 unspecified atom stereocenters. The van der Waals surface area contributed by atoms with E-state index in [1.54, 1.807) is 7.11 Å². The Morgan fingerprint density at radius 2 is 2.27 bits per heavy atom. The first-order valence-electron chi connectivity index (χ1n) is 5.22. The number of methoxy groups -OCH3 is 1. The summed E-state index contributed by atoms with van der Waals surface area (Å²) in [5, 5.41) is 0. The lowest BCUT2D eigenvalue weighted by Gasteiger charge is -2.41. The van der Waals surface area contributed by atoms with Gasteiger partial charge in [-0.25, -0.2) is 0 Å². The Labute approximate surface area is 90.2 Å². The van der Waals surface area contributed by atoms with E-state index in [1.165, 1.54) is 0 Å². The molecule has 3 nitrogen and oxygen atoms in total. The van der Waals surface area contributed by atoms with Crippen molar-refractivity contribution < 1.29 is 9.47 Å². The Balaban J connectivity index is 2.54. The highest BCUT2D eigenvalue weighted by molar-refractivity contribution is 5.40. The second kappa shape index (κ2) is 3.83. The summed E-state index contributed by atoms with van der Waals surface area (Å²) in [6.07, 6.45) is 0. The molecule has 2 atom stereocenters. The SMILES string of the molecule is COC1(CN)c2ccccc2OCC1C. The third-order valence-corrected chi connectivity index (χ3v) is 3.30. The first-order chi connectivity index (χ1) is 7.24. The zero-order valence-electron chi connectivity index (χ0n) is 9.19. The number of fused-ring (bicyclic) bond motifs is 1. The van der Waals surface area contributed by atoms with Crippen molar-refractivity contribution >= 4 is 0 Å². The van der Waals surface area contributed by atoms with Gasteiger partial charge in [0.15, 0.2) is 0 Å². The van der Waals surface area contributed by atoms with Gasteiger partial charge in [0.2, 0.25) is 0 Å². The molecular formula is C12H17NO2. The van der Waals surface area contributed by atoms with Crippen molar-refractivity contribution in [2.45, 2.75) is 12.5 Å². The molecule has 1 aliphatic heterocycles. The first kappa shape index (κ1) is 10.5. The minimum absolute atomic E-state index is 0.266. The van der Waals surface area contributed by atoms with E-state index in [-0.39, 0.29) is 5.92 Å². The second-order valence-corrected chi connectivity index (χ2v) is 4.01. The third-order valence-electron chi connectivity index (χ3n) is 3.30. The summed E-state index contributed by atoms with van der Waals surface area (Å²) in [4.78, 5) is 0. The van der Waals surface area contributed by atoms with Crippen LogP contribution in [0.15, 0.2) is 24.3 Å². The van der Waals surface area contributed by atoms with Crippen LogP contribution in [0.3, 0.4) is 0 Å². The Kier molecular flexibility index (Phi) is 2.67. The lowest BCUT2D eigenvalue weighted by Crippen LogP contribution is -2.47. The number of rotatable bonds is 2. The van der Waals surface area contributed by atoms with Crippen LogP contribution in [0.1, 0.15) is 12.5 Å².